The number of hydrogen-bond acceptors (Lipinski definition) is 0. The number of rotatable bonds is 8. The molecule has 1 aliphatic rings. The second-order valence-electron chi connectivity index (χ2n) is 5.31. The van der Waals surface area contributed by atoms with Crippen LogP contribution in [0.2, 0.25) is 0 Å². The summed E-state index contributed by atoms with van der Waals surface area (Å²) in [4.78, 5) is 0. The molecule has 2 unspecified atom stereocenters. The zero-order valence-electron chi connectivity index (χ0n) is 10.4. The summed E-state index contributed by atoms with van der Waals surface area (Å²) < 4.78 is 0. The number of unbranched alkanes of at least 4 members (excludes halogenated alkanes) is 1. The highest BCUT2D eigenvalue weighted by molar-refractivity contribution is 4.79. The van der Waals surface area contributed by atoms with Gasteiger partial charge in [0.1, 0.15) is 0 Å². The lowest BCUT2D eigenvalue weighted by atomic mass is 9.89. The topological polar surface area (TPSA) is 0 Å². The Hall–Kier alpha value is 0. The molecule has 0 aromatic rings. The van der Waals surface area contributed by atoms with Gasteiger partial charge in [-0.3, -0.25) is 0 Å². The fourth-order valence-corrected chi connectivity index (χ4v) is 2.44. The van der Waals surface area contributed by atoms with Crippen LogP contribution in [0.3, 0.4) is 0 Å². The maximum Gasteiger partial charge on any atom is -0.0388 e. The third kappa shape index (κ3) is 4.48. The molecule has 1 fully saturated rings. The fraction of sp³-hybridized carbons (Fsp3) is 1.00. The van der Waals surface area contributed by atoms with E-state index in [4.69, 9.17) is 0 Å². The van der Waals surface area contributed by atoms with Crippen molar-refractivity contribution in [3.8, 4) is 0 Å². The van der Waals surface area contributed by atoms with Gasteiger partial charge in [0.2, 0.25) is 0 Å². The molecule has 0 N–H and O–H groups in total. The van der Waals surface area contributed by atoms with Gasteiger partial charge in [-0.2, -0.15) is 0 Å². The minimum Gasteiger partial charge on any atom is -0.0654 e. The molecule has 0 amide bonds. The van der Waals surface area contributed by atoms with Crippen LogP contribution in [0, 0.1) is 17.8 Å². The zero-order valence-corrected chi connectivity index (χ0v) is 10.4. The van der Waals surface area contributed by atoms with Crippen LogP contribution in [0.5, 0.6) is 0 Å². The van der Waals surface area contributed by atoms with Crippen LogP contribution < -0.4 is 0 Å². The molecule has 1 rings (SSSR count). The van der Waals surface area contributed by atoms with Crippen molar-refractivity contribution in [2.45, 2.75) is 72.1 Å². The minimum atomic E-state index is 1.02. The molecule has 0 aromatic carbocycles. The van der Waals surface area contributed by atoms with Gasteiger partial charge in [-0.05, 0) is 30.6 Å². The predicted octanol–water partition coefficient (Wildman–Crippen LogP) is 5.03. The van der Waals surface area contributed by atoms with Crippen molar-refractivity contribution in [1.82, 2.24) is 0 Å². The van der Waals surface area contributed by atoms with Crippen molar-refractivity contribution in [3.05, 3.63) is 0 Å². The molecule has 1 saturated carbocycles. The lowest BCUT2D eigenvalue weighted by molar-refractivity contribution is 0.354. The molecule has 0 saturated heterocycles. The molecule has 84 valence electrons. The monoisotopic (exact) mass is 196 g/mol. The van der Waals surface area contributed by atoms with E-state index >= 15 is 0 Å². The van der Waals surface area contributed by atoms with Crippen molar-refractivity contribution >= 4 is 0 Å². The second-order valence-corrected chi connectivity index (χ2v) is 5.31. The van der Waals surface area contributed by atoms with Crippen molar-refractivity contribution in [2.75, 3.05) is 0 Å². The first kappa shape index (κ1) is 12.1. The molecular formula is C14H28. The number of hydrogen-bond donors (Lipinski definition) is 0. The van der Waals surface area contributed by atoms with Crippen LogP contribution in [0.1, 0.15) is 72.1 Å². The van der Waals surface area contributed by atoms with Crippen LogP contribution in [0.15, 0.2) is 0 Å². The molecule has 14 heavy (non-hydrogen) atoms. The normalized spacial score (nSPS) is 20.8. The predicted molar refractivity (Wildman–Crippen MR) is 64.4 cm³/mol. The molecule has 0 aromatic heterocycles. The molecular weight excluding hydrogens is 168 g/mol. The summed E-state index contributed by atoms with van der Waals surface area (Å²) in [7, 11) is 0. The highest BCUT2D eigenvalue weighted by atomic mass is 14.3. The van der Waals surface area contributed by atoms with E-state index in [2.05, 4.69) is 20.8 Å². The van der Waals surface area contributed by atoms with Crippen molar-refractivity contribution in [3.63, 3.8) is 0 Å². The quantitative estimate of drug-likeness (QED) is 0.511. The van der Waals surface area contributed by atoms with Crippen LogP contribution in [0.4, 0.5) is 0 Å². The fourth-order valence-electron chi connectivity index (χ4n) is 2.44. The van der Waals surface area contributed by atoms with E-state index in [1.807, 2.05) is 0 Å². The molecule has 0 nitrogen and oxygen atoms in total. The SMILES string of the molecule is CCCCC(CC)CCC(C)C1CC1. The Morgan fingerprint density at radius 1 is 1.07 bits per heavy atom. The Morgan fingerprint density at radius 3 is 2.29 bits per heavy atom. The molecule has 0 spiro atoms. The summed E-state index contributed by atoms with van der Waals surface area (Å²) in [6.07, 6.45) is 11.7. The van der Waals surface area contributed by atoms with Gasteiger partial charge in [0, 0.05) is 0 Å². The van der Waals surface area contributed by atoms with Crippen LogP contribution in [-0.4, -0.2) is 0 Å². The van der Waals surface area contributed by atoms with Crippen LogP contribution in [0.25, 0.3) is 0 Å². The average molecular weight is 196 g/mol. The third-order valence-electron chi connectivity index (χ3n) is 4.00. The summed E-state index contributed by atoms with van der Waals surface area (Å²) in [6.45, 7) is 7.13. The Balaban J connectivity index is 2.06. The lowest BCUT2D eigenvalue weighted by Gasteiger charge is -2.17. The largest absolute Gasteiger partial charge is 0.0654 e. The summed E-state index contributed by atoms with van der Waals surface area (Å²) in [5, 5.41) is 0. The van der Waals surface area contributed by atoms with Crippen molar-refractivity contribution in [2.24, 2.45) is 17.8 Å². The summed E-state index contributed by atoms with van der Waals surface area (Å²) >= 11 is 0. The lowest BCUT2D eigenvalue weighted by Crippen LogP contribution is -2.04. The van der Waals surface area contributed by atoms with Gasteiger partial charge in [-0.1, -0.05) is 59.3 Å². The molecule has 0 aliphatic heterocycles. The van der Waals surface area contributed by atoms with E-state index in [1.165, 1.54) is 51.4 Å². The van der Waals surface area contributed by atoms with Gasteiger partial charge < -0.3 is 0 Å². The first-order valence-corrected chi connectivity index (χ1v) is 6.77. The summed E-state index contributed by atoms with van der Waals surface area (Å²) in [6, 6.07) is 0. The smallest absolute Gasteiger partial charge is 0.0388 e. The zero-order chi connectivity index (χ0) is 10.4. The van der Waals surface area contributed by atoms with Gasteiger partial charge >= 0.3 is 0 Å². The standard InChI is InChI=1S/C14H28/c1-4-6-7-13(5-2)9-8-12(3)14-10-11-14/h12-14H,4-11H2,1-3H3. The van der Waals surface area contributed by atoms with Crippen molar-refractivity contribution in [1.29, 1.82) is 0 Å². The molecule has 0 heteroatoms. The third-order valence-corrected chi connectivity index (χ3v) is 4.00. The van der Waals surface area contributed by atoms with Gasteiger partial charge in [0.25, 0.3) is 0 Å². The molecule has 0 bridgehead atoms. The van der Waals surface area contributed by atoms with Crippen LogP contribution >= 0.6 is 0 Å². The Kier molecular flexibility index (Phi) is 5.59. The van der Waals surface area contributed by atoms with Gasteiger partial charge in [-0.25, -0.2) is 0 Å². The molecule has 2 atom stereocenters. The van der Waals surface area contributed by atoms with E-state index in [0.29, 0.717) is 0 Å². The average Bonchev–Trinajstić information content (AvgIpc) is 3.01. The van der Waals surface area contributed by atoms with E-state index in [9.17, 15) is 0 Å². The van der Waals surface area contributed by atoms with E-state index in [-0.39, 0.29) is 0 Å². The minimum absolute atomic E-state index is 1.02. The van der Waals surface area contributed by atoms with Crippen LogP contribution in [-0.2, 0) is 0 Å². The first-order valence-electron chi connectivity index (χ1n) is 6.77. The van der Waals surface area contributed by atoms with Gasteiger partial charge in [-0.15, -0.1) is 0 Å². The van der Waals surface area contributed by atoms with E-state index in [1.54, 1.807) is 0 Å². The highest BCUT2D eigenvalue weighted by Gasteiger charge is 2.27. The van der Waals surface area contributed by atoms with E-state index < -0.39 is 0 Å². The summed E-state index contributed by atoms with van der Waals surface area (Å²) in [5.41, 5.74) is 0. The molecule has 0 radical (unpaired) electrons. The Bertz CT molecular complexity index is 135. The van der Waals surface area contributed by atoms with E-state index in [0.717, 1.165) is 17.8 Å². The Labute approximate surface area is 90.5 Å². The molecule has 1 aliphatic carbocycles. The second kappa shape index (κ2) is 6.48. The van der Waals surface area contributed by atoms with Crippen molar-refractivity contribution < 1.29 is 0 Å². The molecule has 0 heterocycles. The maximum absolute atomic E-state index is 2.46. The Morgan fingerprint density at radius 2 is 1.79 bits per heavy atom. The first-order chi connectivity index (χ1) is 6.77. The summed E-state index contributed by atoms with van der Waals surface area (Å²) in [5.74, 6) is 3.15. The van der Waals surface area contributed by atoms with Gasteiger partial charge in [0.15, 0.2) is 0 Å². The maximum atomic E-state index is 2.46. The highest BCUT2D eigenvalue weighted by Crippen LogP contribution is 2.39. The van der Waals surface area contributed by atoms with Gasteiger partial charge in [0.05, 0.1) is 0 Å².